The molecule has 1 amide bonds. The highest BCUT2D eigenvalue weighted by molar-refractivity contribution is 6.32. The topological polar surface area (TPSA) is 60.5 Å². The van der Waals surface area contributed by atoms with Crippen molar-refractivity contribution in [2.45, 2.75) is 39.8 Å². The molecule has 4 rings (SSSR count). The van der Waals surface area contributed by atoms with Crippen LogP contribution in [0, 0.1) is 11.8 Å². The number of halogens is 1. The Balaban J connectivity index is 1.45. The average Bonchev–Trinajstić information content (AvgIpc) is 3.18. The first-order valence-corrected chi connectivity index (χ1v) is 13.1. The molecular formula is C28H37ClN2O5. The molecule has 1 saturated heterocycles. The van der Waals surface area contributed by atoms with Crippen LogP contribution in [0.5, 0.6) is 23.0 Å². The molecule has 0 radical (unpaired) electrons. The molecule has 0 spiro atoms. The highest BCUT2D eigenvalue weighted by atomic mass is 35.5. The molecule has 0 aromatic heterocycles. The second-order valence-electron chi connectivity index (χ2n) is 9.97. The van der Waals surface area contributed by atoms with Crippen molar-refractivity contribution in [2.75, 3.05) is 47.1 Å². The van der Waals surface area contributed by atoms with E-state index in [-0.39, 0.29) is 11.8 Å². The van der Waals surface area contributed by atoms with Crippen molar-refractivity contribution in [1.82, 2.24) is 9.80 Å². The molecule has 2 heterocycles. The maximum Gasteiger partial charge on any atom is 0.227 e. The fraction of sp³-hybridized carbons (Fsp3) is 0.536. The second kappa shape index (κ2) is 12.1. The molecular weight excluding hydrogens is 480 g/mol. The van der Waals surface area contributed by atoms with E-state index in [1.807, 2.05) is 35.2 Å². The lowest BCUT2D eigenvalue weighted by Crippen LogP contribution is -2.39. The Kier molecular flexibility index (Phi) is 8.86. The van der Waals surface area contributed by atoms with Gasteiger partial charge in [-0.15, -0.1) is 0 Å². The van der Waals surface area contributed by atoms with Crippen molar-refractivity contribution in [3.05, 3.63) is 46.5 Å². The quantitative estimate of drug-likeness (QED) is 0.466. The summed E-state index contributed by atoms with van der Waals surface area (Å²) in [6, 6.07) is 9.69. The Morgan fingerprint density at radius 3 is 2.72 bits per heavy atom. The Labute approximate surface area is 219 Å². The van der Waals surface area contributed by atoms with Gasteiger partial charge in [-0.05, 0) is 54.8 Å². The lowest BCUT2D eigenvalue weighted by Gasteiger charge is -2.28. The lowest BCUT2D eigenvalue weighted by molar-refractivity contribution is -0.136. The lowest BCUT2D eigenvalue weighted by atomic mass is 10.0. The van der Waals surface area contributed by atoms with Crippen LogP contribution in [-0.2, 0) is 17.9 Å². The van der Waals surface area contributed by atoms with E-state index in [4.69, 9.17) is 30.5 Å². The first-order valence-electron chi connectivity index (χ1n) is 12.7. The SMILES string of the molecule is COc1ccc(OC)c(CN2CCC(C(=O)N(Cc3cc(Cl)c4c(c3)OCCCO4)CC(C)C)C2)c1. The summed E-state index contributed by atoms with van der Waals surface area (Å²) in [6.07, 6.45) is 1.65. The van der Waals surface area contributed by atoms with E-state index in [1.165, 1.54) is 0 Å². The van der Waals surface area contributed by atoms with Gasteiger partial charge in [-0.25, -0.2) is 0 Å². The summed E-state index contributed by atoms with van der Waals surface area (Å²) in [4.78, 5) is 18.0. The van der Waals surface area contributed by atoms with Crippen LogP contribution in [0.4, 0.5) is 0 Å². The van der Waals surface area contributed by atoms with Gasteiger partial charge in [0.15, 0.2) is 11.5 Å². The van der Waals surface area contributed by atoms with Crippen LogP contribution in [0.25, 0.3) is 0 Å². The van der Waals surface area contributed by atoms with Gasteiger partial charge in [-0.3, -0.25) is 9.69 Å². The maximum absolute atomic E-state index is 13.7. The van der Waals surface area contributed by atoms with Crippen LogP contribution >= 0.6 is 11.6 Å². The third kappa shape index (κ3) is 6.37. The van der Waals surface area contributed by atoms with E-state index < -0.39 is 0 Å². The van der Waals surface area contributed by atoms with E-state index in [9.17, 15) is 4.79 Å². The molecule has 7 nitrogen and oxygen atoms in total. The normalized spacial score (nSPS) is 17.7. The Morgan fingerprint density at radius 1 is 1.17 bits per heavy atom. The molecule has 1 fully saturated rings. The first-order chi connectivity index (χ1) is 17.4. The highest BCUT2D eigenvalue weighted by Gasteiger charge is 2.32. The van der Waals surface area contributed by atoms with E-state index in [1.54, 1.807) is 14.2 Å². The van der Waals surface area contributed by atoms with Gasteiger partial charge in [0.2, 0.25) is 5.91 Å². The van der Waals surface area contributed by atoms with Crippen molar-refractivity contribution in [3.63, 3.8) is 0 Å². The number of rotatable bonds is 9. The van der Waals surface area contributed by atoms with Gasteiger partial charge in [0.05, 0.1) is 38.4 Å². The van der Waals surface area contributed by atoms with Crippen molar-refractivity contribution >= 4 is 17.5 Å². The maximum atomic E-state index is 13.7. The van der Waals surface area contributed by atoms with Crippen molar-refractivity contribution in [2.24, 2.45) is 11.8 Å². The van der Waals surface area contributed by atoms with Crippen LogP contribution in [0.2, 0.25) is 5.02 Å². The summed E-state index contributed by atoms with van der Waals surface area (Å²) in [5.74, 6) is 3.38. The first kappa shape index (κ1) is 26.4. The van der Waals surface area contributed by atoms with Crippen molar-refractivity contribution < 1.29 is 23.7 Å². The Hall–Kier alpha value is -2.64. The Bertz CT molecular complexity index is 1060. The fourth-order valence-corrected chi connectivity index (χ4v) is 5.24. The number of amides is 1. The van der Waals surface area contributed by atoms with E-state index in [0.717, 1.165) is 48.6 Å². The minimum absolute atomic E-state index is 0.0452. The van der Waals surface area contributed by atoms with Crippen molar-refractivity contribution in [1.29, 1.82) is 0 Å². The molecule has 8 heteroatoms. The van der Waals surface area contributed by atoms with Gasteiger partial charge >= 0.3 is 0 Å². The summed E-state index contributed by atoms with van der Waals surface area (Å²) in [5, 5.41) is 0.528. The van der Waals surface area contributed by atoms with Gasteiger partial charge in [0.1, 0.15) is 11.5 Å². The Morgan fingerprint density at radius 2 is 1.97 bits per heavy atom. The third-order valence-corrected chi connectivity index (χ3v) is 6.92. The minimum Gasteiger partial charge on any atom is -0.497 e. The predicted octanol–water partition coefficient (Wildman–Crippen LogP) is 5.03. The molecule has 2 aromatic rings. The largest absolute Gasteiger partial charge is 0.497 e. The summed E-state index contributed by atoms with van der Waals surface area (Å²) in [5.41, 5.74) is 2.01. The molecule has 0 bridgehead atoms. The number of carbonyl (C=O) groups is 1. The van der Waals surface area contributed by atoms with E-state index >= 15 is 0 Å². The number of likely N-dealkylation sites (tertiary alicyclic amines) is 1. The number of hydrogen-bond donors (Lipinski definition) is 0. The van der Waals surface area contributed by atoms with Crippen LogP contribution < -0.4 is 18.9 Å². The summed E-state index contributed by atoms with van der Waals surface area (Å²) >= 11 is 6.52. The zero-order valence-electron chi connectivity index (χ0n) is 21.7. The predicted molar refractivity (Wildman–Crippen MR) is 140 cm³/mol. The van der Waals surface area contributed by atoms with Gasteiger partial charge in [-0.1, -0.05) is 25.4 Å². The molecule has 0 N–H and O–H groups in total. The minimum atomic E-state index is -0.0452. The van der Waals surface area contributed by atoms with Crippen molar-refractivity contribution in [3.8, 4) is 23.0 Å². The number of hydrogen-bond acceptors (Lipinski definition) is 6. The van der Waals surface area contributed by atoms with E-state index in [2.05, 4.69) is 18.7 Å². The number of ether oxygens (including phenoxy) is 4. The molecule has 1 unspecified atom stereocenters. The third-order valence-electron chi connectivity index (χ3n) is 6.64. The number of nitrogens with zero attached hydrogens (tertiary/aromatic N) is 2. The monoisotopic (exact) mass is 516 g/mol. The van der Waals surface area contributed by atoms with Gasteiger partial charge < -0.3 is 23.8 Å². The molecule has 2 aromatic carbocycles. The highest BCUT2D eigenvalue weighted by Crippen LogP contribution is 2.38. The van der Waals surface area contributed by atoms with E-state index in [0.29, 0.717) is 55.3 Å². The van der Waals surface area contributed by atoms with Crippen LogP contribution in [0.1, 0.15) is 37.8 Å². The zero-order valence-corrected chi connectivity index (χ0v) is 22.5. The molecule has 196 valence electrons. The second-order valence-corrected chi connectivity index (χ2v) is 10.4. The molecule has 0 aliphatic carbocycles. The molecule has 1 atom stereocenters. The molecule has 2 aliphatic rings. The van der Waals surface area contributed by atoms with Gasteiger partial charge in [0.25, 0.3) is 0 Å². The zero-order chi connectivity index (χ0) is 25.7. The number of methoxy groups -OCH3 is 2. The number of benzene rings is 2. The molecule has 36 heavy (non-hydrogen) atoms. The average molecular weight is 517 g/mol. The van der Waals surface area contributed by atoms with Gasteiger partial charge in [-0.2, -0.15) is 0 Å². The molecule has 2 aliphatic heterocycles. The smallest absolute Gasteiger partial charge is 0.227 e. The van der Waals surface area contributed by atoms with Crippen LogP contribution in [0.15, 0.2) is 30.3 Å². The summed E-state index contributed by atoms with van der Waals surface area (Å²) < 4.78 is 22.6. The number of carbonyl (C=O) groups excluding carboxylic acids is 1. The summed E-state index contributed by atoms with van der Waals surface area (Å²) in [7, 11) is 3.34. The standard InChI is InChI=1S/C28H37ClN2O5/c1-19(2)15-31(16-20-12-24(29)27-26(13-20)35-10-5-11-36-27)28(32)21-8-9-30(17-21)18-22-14-23(33-3)6-7-25(22)34-4/h6-7,12-14,19,21H,5,8-11,15-18H2,1-4H3. The van der Waals surface area contributed by atoms with Crippen LogP contribution in [-0.4, -0.2) is 62.8 Å². The van der Waals surface area contributed by atoms with Gasteiger partial charge in [0, 0.05) is 38.2 Å². The number of fused-ring (bicyclic) bond motifs is 1. The fourth-order valence-electron chi connectivity index (χ4n) is 4.95. The summed E-state index contributed by atoms with van der Waals surface area (Å²) in [6.45, 7) is 8.93. The molecule has 0 saturated carbocycles. The van der Waals surface area contributed by atoms with Crippen LogP contribution in [0.3, 0.4) is 0 Å².